The second kappa shape index (κ2) is 3.12. The molecule has 0 bridgehead atoms. The number of hydrogen-bond acceptors (Lipinski definition) is 1. The fraction of sp³-hybridized carbons (Fsp3) is 1.00. The van der Waals surface area contributed by atoms with Gasteiger partial charge in [0.05, 0.1) is 0 Å². The van der Waals surface area contributed by atoms with Crippen molar-refractivity contribution < 1.29 is 26.3 Å². The molecule has 0 atom stereocenters. The van der Waals surface area contributed by atoms with Gasteiger partial charge in [0.25, 0.3) is 0 Å². The Bertz CT molecular complexity index is 110. The Balaban J connectivity index is 4.43. The minimum atomic E-state index is -5.21. The predicted molar refractivity (Wildman–Crippen MR) is 29.4 cm³/mol. The summed E-state index contributed by atoms with van der Waals surface area (Å²) < 4.78 is 68.9. The van der Waals surface area contributed by atoms with E-state index in [1.807, 2.05) is 0 Å². The molecule has 0 aromatic rings. The molecule has 0 aliphatic rings. The molecule has 11 heavy (non-hydrogen) atoms. The first-order valence-electron chi connectivity index (χ1n) is 2.36. The highest BCUT2D eigenvalue weighted by Gasteiger charge is 2.56. The predicted octanol–water partition coefficient (Wildman–Crippen LogP) is 2.84. The molecule has 68 valence electrons. The lowest BCUT2D eigenvalue weighted by atomic mass is 10.4. The molecule has 0 amide bonds. The lowest BCUT2D eigenvalue weighted by Crippen LogP contribution is -2.39. The third-order valence-corrected chi connectivity index (χ3v) is 1.84. The van der Waals surface area contributed by atoms with Crippen LogP contribution in [0, 0.1) is 0 Å². The van der Waals surface area contributed by atoms with Crippen molar-refractivity contribution in [2.24, 2.45) is 0 Å². The van der Waals surface area contributed by atoms with E-state index < -0.39 is 17.6 Å². The average molecular weight is 198 g/mol. The quantitative estimate of drug-likeness (QED) is 0.584. The minimum Gasteiger partial charge on any atom is -0.169 e. The number of rotatable bonds is 1. The summed E-state index contributed by atoms with van der Waals surface area (Å²) in [6, 6.07) is 0. The third kappa shape index (κ3) is 3.22. The summed E-state index contributed by atoms with van der Waals surface area (Å²) >= 11 is -0.266. The number of halogens is 6. The summed E-state index contributed by atoms with van der Waals surface area (Å²) in [6.07, 6.45) is -9.65. The van der Waals surface area contributed by atoms with Crippen LogP contribution in [0.25, 0.3) is 0 Å². The van der Waals surface area contributed by atoms with Gasteiger partial charge >= 0.3 is 12.4 Å². The van der Waals surface area contributed by atoms with E-state index in [0.717, 1.165) is 6.26 Å². The zero-order valence-electron chi connectivity index (χ0n) is 5.25. The van der Waals surface area contributed by atoms with Gasteiger partial charge in [-0.3, -0.25) is 0 Å². The second-order valence-corrected chi connectivity index (χ2v) is 2.64. The fourth-order valence-electron chi connectivity index (χ4n) is 0.453. The molecular formula is C4H4F6S. The van der Waals surface area contributed by atoms with Crippen LogP contribution in [0.2, 0.25) is 0 Å². The summed E-state index contributed by atoms with van der Waals surface area (Å²) in [5.74, 6) is 0. The van der Waals surface area contributed by atoms with E-state index in [1.54, 1.807) is 0 Å². The van der Waals surface area contributed by atoms with E-state index in [4.69, 9.17) is 0 Å². The molecule has 0 heterocycles. The van der Waals surface area contributed by atoms with Gasteiger partial charge in [0, 0.05) is 0 Å². The van der Waals surface area contributed by atoms with Gasteiger partial charge in [0.1, 0.15) is 0 Å². The number of thioether (sulfide) groups is 1. The van der Waals surface area contributed by atoms with E-state index in [2.05, 4.69) is 0 Å². The number of hydrogen-bond donors (Lipinski definition) is 0. The van der Waals surface area contributed by atoms with E-state index in [-0.39, 0.29) is 11.8 Å². The van der Waals surface area contributed by atoms with Crippen LogP contribution < -0.4 is 0 Å². The molecule has 0 N–H and O–H groups in total. The normalized spacial score (nSPS) is 14.2. The highest BCUT2D eigenvalue weighted by Crippen LogP contribution is 2.40. The zero-order chi connectivity index (χ0) is 9.28. The van der Waals surface area contributed by atoms with Crippen molar-refractivity contribution in [1.29, 1.82) is 0 Å². The molecule has 0 aromatic carbocycles. The molecule has 0 saturated carbocycles. The maximum atomic E-state index is 11.5. The summed E-state index contributed by atoms with van der Waals surface area (Å²) in [5, 5.41) is -3.27. The molecule has 0 radical (unpaired) electrons. The van der Waals surface area contributed by atoms with Gasteiger partial charge in [-0.05, 0) is 6.26 Å². The number of alkyl halides is 6. The Labute approximate surface area is 63.0 Å². The van der Waals surface area contributed by atoms with Crippen LogP contribution in [0.1, 0.15) is 0 Å². The summed E-state index contributed by atoms with van der Waals surface area (Å²) in [6.45, 7) is 0. The van der Waals surface area contributed by atoms with Gasteiger partial charge in [-0.2, -0.15) is 26.3 Å². The van der Waals surface area contributed by atoms with Crippen LogP contribution in [0.5, 0.6) is 0 Å². The lowest BCUT2D eigenvalue weighted by Gasteiger charge is -2.20. The maximum absolute atomic E-state index is 11.5. The van der Waals surface area contributed by atoms with Crippen molar-refractivity contribution in [3.05, 3.63) is 0 Å². The Kier molecular flexibility index (Phi) is 3.10. The highest BCUT2D eigenvalue weighted by atomic mass is 32.2. The molecular weight excluding hydrogens is 194 g/mol. The van der Waals surface area contributed by atoms with Crippen molar-refractivity contribution >= 4 is 11.8 Å². The Morgan fingerprint density at radius 3 is 1.18 bits per heavy atom. The second-order valence-electron chi connectivity index (χ2n) is 1.70. The molecule has 0 unspecified atom stereocenters. The van der Waals surface area contributed by atoms with Crippen LogP contribution in [-0.2, 0) is 0 Å². The van der Waals surface area contributed by atoms with Gasteiger partial charge in [-0.15, -0.1) is 11.8 Å². The van der Waals surface area contributed by atoms with Crippen LogP contribution >= 0.6 is 11.8 Å². The van der Waals surface area contributed by atoms with E-state index in [9.17, 15) is 26.3 Å². The van der Waals surface area contributed by atoms with E-state index in [1.165, 1.54) is 0 Å². The molecule has 0 aromatic heterocycles. The monoisotopic (exact) mass is 198 g/mol. The highest BCUT2D eigenvalue weighted by molar-refractivity contribution is 7.99. The standard InChI is InChI=1S/C4H4F6S/c1-11-2(3(5,6)7)4(8,9)10/h2H,1H3. The molecule has 0 saturated heterocycles. The summed E-state index contributed by atoms with van der Waals surface area (Å²) in [7, 11) is 0. The molecule has 0 rings (SSSR count). The lowest BCUT2D eigenvalue weighted by molar-refractivity contribution is -0.223. The fourth-order valence-corrected chi connectivity index (χ4v) is 0.987. The van der Waals surface area contributed by atoms with Crippen molar-refractivity contribution in [3.8, 4) is 0 Å². The first-order chi connectivity index (χ1) is 4.69. The van der Waals surface area contributed by atoms with Crippen LogP contribution in [0.3, 0.4) is 0 Å². The zero-order valence-corrected chi connectivity index (χ0v) is 6.07. The minimum absolute atomic E-state index is 0.266. The van der Waals surface area contributed by atoms with Crippen molar-refractivity contribution in [2.45, 2.75) is 17.6 Å². The topological polar surface area (TPSA) is 0 Å². The van der Waals surface area contributed by atoms with Gasteiger partial charge < -0.3 is 0 Å². The summed E-state index contributed by atoms with van der Waals surface area (Å²) in [4.78, 5) is 0. The summed E-state index contributed by atoms with van der Waals surface area (Å²) in [5.41, 5.74) is 0. The first kappa shape index (κ1) is 10.9. The van der Waals surface area contributed by atoms with Gasteiger partial charge in [-0.1, -0.05) is 0 Å². The molecule has 0 fully saturated rings. The SMILES string of the molecule is CSC(C(F)(F)F)C(F)(F)F. The average Bonchev–Trinajstić information content (AvgIpc) is 1.56. The van der Waals surface area contributed by atoms with Crippen molar-refractivity contribution in [3.63, 3.8) is 0 Å². The largest absolute Gasteiger partial charge is 0.409 e. The van der Waals surface area contributed by atoms with Crippen LogP contribution in [0.4, 0.5) is 26.3 Å². The van der Waals surface area contributed by atoms with E-state index in [0.29, 0.717) is 0 Å². The molecule has 0 nitrogen and oxygen atoms in total. The Morgan fingerprint density at radius 1 is 0.909 bits per heavy atom. The molecule has 0 aliphatic heterocycles. The van der Waals surface area contributed by atoms with Crippen molar-refractivity contribution in [1.82, 2.24) is 0 Å². The molecule has 0 aliphatic carbocycles. The van der Waals surface area contributed by atoms with Crippen molar-refractivity contribution in [2.75, 3.05) is 6.26 Å². The van der Waals surface area contributed by atoms with Gasteiger partial charge in [0.15, 0.2) is 5.25 Å². The molecule has 7 heteroatoms. The Hall–Kier alpha value is -0.0700. The van der Waals surface area contributed by atoms with Gasteiger partial charge in [-0.25, -0.2) is 0 Å². The van der Waals surface area contributed by atoms with Crippen LogP contribution in [-0.4, -0.2) is 23.9 Å². The van der Waals surface area contributed by atoms with Crippen LogP contribution in [0.15, 0.2) is 0 Å². The first-order valence-corrected chi connectivity index (χ1v) is 3.64. The molecule has 0 spiro atoms. The third-order valence-electron chi connectivity index (χ3n) is 0.830. The van der Waals surface area contributed by atoms with Gasteiger partial charge in [0.2, 0.25) is 0 Å². The van der Waals surface area contributed by atoms with E-state index >= 15 is 0 Å². The Morgan fingerprint density at radius 2 is 1.18 bits per heavy atom. The maximum Gasteiger partial charge on any atom is 0.409 e. The smallest absolute Gasteiger partial charge is 0.169 e.